The molecule has 1 aromatic rings. The zero-order valence-electron chi connectivity index (χ0n) is 10.5. The maximum absolute atomic E-state index is 10.8. The molecule has 1 aliphatic rings. The van der Waals surface area contributed by atoms with Gasteiger partial charge in [0.05, 0.1) is 0 Å². The van der Waals surface area contributed by atoms with Gasteiger partial charge in [0.15, 0.2) is 5.60 Å². The molecule has 3 N–H and O–H groups in total. The fourth-order valence-electron chi connectivity index (χ4n) is 2.36. The highest BCUT2D eigenvalue weighted by molar-refractivity contribution is 5.76. The summed E-state index contributed by atoms with van der Waals surface area (Å²) in [6, 6.07) is 8.34. The Labute approximate surface area is 107 Å². The monoisotopic (exact) mass is 249 g/mol. The lowest BCUT2D eigenvalue weighted by Crippen LogP contribution is -2.46. The lowest BCUT2D eigenvalue weighted by molar-refractivity contribution is -0.156. The predicted molar refractivity (Wildman–Crippen MR) is 68.4 cm³/mol. The van der Waals surface area contributed by atoms with Gasteiger partial charge in [0.2, 0.25) is 0 Å². The topological polar surface area (TPSA) is 69.6 Å². The van der Waals surface area contributed by atoms with E-state index in [-0.39, 0.29) is 12.6 Å². The first-order chi connectivity index (χ1) is 8.50. The summed E-state index contributed by atoms with van der Waals surface area (Å²) in [6.07, 6.45) is 3.14. The molecule has 0 saturated carbocycles. The Kier molecular flexibility index (Phi) is 3.68. The third kappa shape index (κ3) is 2.71. The number of rotatable bonds is 4. The number of aliphatic hydroxyl groups is 1. The Morgan fingerprint density at radius 3 is 2.94 bits per heavy atom. The molecule has 2 rings (SSSR count). The summed E-state index contributed by atoms with van der Waals surface area (Å²) < 4.78 is 0. The highest BCUT2D eigenvalue weighted by atomic mass is 16.4. The standard InChI is InChI=1S/C14H19NO3/c1-14(18,13(16)17)9-15-12-8-4-6-10-5-2-3-7-11(10)12/h2-3,5,7,12,15,18H,4,6,8-9H2,1H3,(H,16,17). The van der Waals surface area contributed by atoms with E-state index in [4.69, 9.17) is 5.11 Å². The minimum atomic E-state index is -1.72. The van der Waals surface area contributed by atoms with E-state index in [1.54, 1.807) is 0 Å². The van der Waals surface area contributed by atoms with Gasteiger partial charge in [-0.15, -0.1) is 0 Å². The number of benzene rings is 1. The molecule has 1 aromatic carbocycles. The van der Waals surface area contributed by atoms with E-state index in [0.717, 1.165) is 19.3 Å². The van der Waals surface area contributed by atoms with Crippen LogP contribution in [-0.2, 0) is 11.2 Å². The van der Waals surface area contributed by atoms with Gasteiger partial charge < -0.3 is 15.5 Å². The smallest absolute Gasteiger partial charge is 0.336 e. The molecule has 1 aliphatic carbocycles. The zero-order chi connectivity index (χ0) is 13.2. The summed E-state index contributed by atoms with van der Waals surface area (Å²) in [5.41, 5.74) is 0.827. The molecular formula is C14H19NO3. The van der Waals surface area contributed by atoms with Gasteiger partial charge >= 0.3 is 5.97 Å². The summed E-state index contributed by atoms with van der Waals surface area (Å²) in [4.78, 5) is 10.8. The summed E-state index contributed by atoms with van der Waals surface area (Å²) in [7, 11) is 0. The molecule has 2 unspecified atom stereocenters. The lowest BCUT2D eigenvalue weighted by Gasteiger charge is -2.29. The highest BCUT2D eigenvalue weighted by Crippen LogP contribution is 2.29. The Morgan fingerprint density at radius 1 is 1.50 bits per heavy atom. The van der Waals surface area contributed by atoms with Crippen LogP contribution in [-0.4, -0.2) is 28.3 Å². The minimum Gasteiger partial charge on any atom is -0.479 e. The number of fused-ring (bicyclic) bond motifs is 1. The molecule has 0 aliphatic heterocycles. The maximum atomic E-state index is 10.8. The van der Waals surface area contributed by atoms with Gasteiger partial charge in [0.1, 0.15) is 0 Å². The number of aryl methyl sites for hydroxylation is 1. The van der Waals surface area contributed by atoms with Crippen LogP contribution < -0.4 is 5.32 Å². The highest BCUT2D eigenvalue weighted by Gasteiger charge is 2.31. The van der Waals surface area contributed by atoms with Crippen molar-refractivity contribution in [3.63, 3.8) is 0 Å². The molecule has 0 amide bonds. The van der Waals surface area contributed by atoms with Gasteiger partial charge in [-0.2, -0.15) is 0 Å². The molecular weight excluding hydrogens is 230 g/mol. The molecule has 0 spiro atoms. The van der Waals surface area contributed by atoms with E-state index < -0.39 is 11.6 Å². The molecule has 0 saturated heterocycles. The summed E-state index contributed by atoms with van der Waals surface area (Å²) in [5.74, 6) is -1.20. The molecule has 4 heteroatoms. The summed E-state index contributed by atoms with van der Waals surface area (Å²) >= 11 is 0. The predicted octanol–water partition coefficient (Wildman–Crippen LogP) is 1.49. The van der Waals surface area contributed by atoms with Crippen molar-refractivity contribution in [2.45, 2.75) is 37.8 Å². The van der Waals surface area contributed by atoms with Crippen LogP contribution in [0.25, 0.3) is 0 Å². The molecule has 0 aromatic heterocycles. The third-order valence-corrected chi connectivity index (χ3v) is 3.52. The molecule has 2 atom stereocenters. The maximum Gasteiger partial charge on any atom is 0.336 e. The quantitative estimate of drug-likeness (QED) is 0.756. The Hall–Kier alpha value is -1.39. The van der Waals surface area contributed by atoms with Gasteiger partial charge in [-0.1, -0.05) is 24.3 Å². The normalized spacial score (nSPS) is 22.0. The lowest BCUT2D eigenvalue weighted by atomic mass is 9.87. The SMILES string of the molecule is CC(O)(CNC1CCCc2ccccc21)C(=O)O. The van der Waals surface area contributed by atoms with Crippen LogP contribution in [0.4, 0.5) is 0 Å². The Morgan fingerprint density at radius 2 is 2.22 bits per heavy atom. The number of nitrogens with one attached hydrogen (secondary N) is 1. The number of carboxylic acid groups (broad SMARTS) is 1. The van der Waals surface area contributed by atoms with Gasteiger partial charge in [0, 0.05) is 12.6 Å². The van der Waals surface area contributed by atoms with Crippen LogP contribution in [0.5, 0.6) is 0 Å². The van der Waals surface area contributed by atoms with E-state index in [9.17, 15) is 9.90 Å². The number of carboxylic acids is 1. The van der Waals surface area contributed by atoms with Crippen LogP contribution in [0.3, 0.4) is 0 Å². The molecule has 4 nitrogen and oxygen atoms in total. The van der Waals surface area contributed by atoms with Crippen molar-refractivity contribution in [3.05, 3.63) is 35.4 Å². The molecule has 18 heavy (non-hydrogen) atoms. The molecule has 0 bridgehead atoms. The molecule has 0 heterocycles. The summed E-state index contributed by atoms with van der Waals surface area (Å²) in [5, 5.41) is 21.8. The van der Waals surface area contributed by atoms with E-state index in [2.05, 4.69) is 17.4 Å². The summed E-state index contributed by atoms with van der Waals surface area (Å²) in [6.45, 7) is 1.37. The van der Waals surface area contributed by atoms with E-state index in [1.165, 1.54) is 18.1 Å². The second-order valence-electron chi connectivity index (χ2n) is 5.10. The second kappa shape index (κ2) is 5.08. The average molecular weight is 249 g/mol. The van der Waals surface area contributed by atoms with Gasteiger partial charge in [-0.05, 0) is 37.3 Å². The number of hydrogen-bond acceptors (Lipinski definition) is 3. The number of carbonyl (C=O) groups is 1. The number of aliphatic carboxylic acids is 1. The third-order valence-electron chi connectivity index (χ3n) is 3.52. The number of hydrogen-bond donors (Lipinski definition) is 3. The fourth-order valence-corrected chi connectivity index (χ4v) is 2.36. The first-order valence-electron chi connectivity index (χ1n) is 6.27. The van der Waals surface area contributed by atoms with Crippen LogP contribution in [0, 0.1) is 0 Å². The first kappa shape index (κ1) is 13.1. The van der Waals surface area contributed by atoms with Crippen molar-refractivity contribution in [1.29, 1.82) is 0 Å². The van der Waals surface area contributed by atoms with Gasteiger partial charge in [-0.3, -0.25) is 0 Å². The van der Waals surface area contributed by atoms with Crippen molar-refractivity contribution in [1.82, 2.24) is 5.32 Å². The largest absolute Gasteiger partial charge is 0.479 e. The van der Waals surface area contributed by atoms with Gasteiger partial charge in [0.25, 0.3) is 0 Å². The molecule has 0 fully saturated rings. The van der Waals surface area contributed by atoms with Crippen LogP contribution in [0.2, 0.25) is 0 Å². The van der Waals surface area contributed by atoms with Crippen molar-refractivity contribution in [3.8, 4) is 0 Å². The van der Waals surface area contributed by atoms with E-state index in [0.29, 0.717) is 0 Å². The molecule has 0 radical (unpaired) electrons. The average Bonchev–Trinajstić information content (AvgIpc) is 2.36. The van der Waals surface area contributed by atoms with Crippen LogP contribution >= 0.6 is 0 Å². The zero-order valence-corrected chi connectivity index (χ0v) is 10.5. The minimum absolute atomic E-state index is 0.0569. The second-order valence-corrected chi connectivity index (χ2v) is 5.10. The van der Waals surface area contributed by atoms with Crippen molar-refractivity contribution >= 4 is 5.97 Å². The van der Waals surface area contributed by atoms with Crippen molar-refractivity contribution in [2.24, 2.45) is 0 Å². The van der Waals surface area contributed by atoms with Gasteiger partial charge in [-0.25, -0.2) is 4.79 Å². The molecule has 98 valence electrons. The Bertz CT molecular complexity index is 442. The fraction of sp³-hybridized carbons (Fsp3) is 0.500. The van der Waals surface area contributed by atoms with Crippen molar-refractivity contribution < 1.29 is 15.0 Å². The van der Waals surface area contributed by atoms with Crippen molar-refractivity contribution in [2.75, 3.05) is 6.54 Å². The van der Waals surface area contributed by atoms with E-state index >= 15 is 0 Å². The Balaban J connectivity index is 2.06. The van der Waals surface area contributed by atoms with Crippen LogP contribution in [0.1, 0.15) is 36.9 Å². The first-order valence-corrected chi connectivity index (χ1v) is 6.27. The van der Waals surface area contributed by atoms with Crippen LogP contribution in [0.15, 0.2) is 24.3 Å². The van der Waals surface area contributed by atoms with E-state index in [1.807, 2.05) is 12.1 Å².